The molecule has 0 radical (unpaired) electrons. The van der Waals surface area contributed by atoms with Crippen LogP contribution in [-0.4, -0.2) is 12.9 Å². The maximum Gasteiger partial charge on any atom is 0.0654 e. The Kier molecular flexibility index (Phi) is 7.01. The van der Waals surface area contributed by atoms with E-state index >= 15 is 0 Å². The van der Waals surface area contributed by atoms with Gasteiger partial charge in [0.2, 0.25) is 0 Å². The van der Waals surface area contributed by atoms with Crippen LogP contribution in [-0.2, 0) is 17.0 Å². The summed E-state index contributed by atoms with van der Waals surface area (Å²) in [6.07, 6.45) is 11.0. The molecule has 1 aliphatic rings. The highest BCUT2D eigenvalue weighted by Crippen LogP contribution is 2.34. The highest BCUT2D eigenvalue weighted by atomic mass is 32.2. The summed E-state index contributed by atoms with van der Waals surface area (Å²) in [6.45, 7) is 3.02. The first-order valence-electron chi connectivity index (χ1n) is 9.69. The minimum Gasteiger partial charge on any atom is -0.315 e. The third kappa shape index (κ3) is 4.89. The lowest BCUT2D eigenvalue weighted by Gasteiger charge is -2.22. The third-order valence-electron chi connectivity index (χ3n) is 5.44. The molecule has 0 unspecified atom stereocenters. The van der Waals surface area contributed by atoms with Crippen LogP contribution in [0.2, 0.25) is 0 Å². The average molecular weight is 355 g/mol. The van der Waals surface area contributed by atoms with Gasteiger partial charge < -0.3 is 4.18 Å². The van der Waals surface area contributed by atoms with E-state index in [-0.39, 0.29) is 0 Å². The van der Waals surface area contributed by atoms with Gasteiger partial charge in [0.05, 0.1) is 6.61 Å². The van der Waals surface area contributed by atoms with E-state index in [1.54, 1.807) is 0 Å². The summed E-state index contributed by atoms with van der Waals surface area (Å²) in [7, 11) is 0. The van der Waals surface area contributed by atoms with Gasteiger partial charge in [-0.05, 0) is 71.5 Å². The van der Waals surface area contributed by atoms with Crippen LogP contribution < -0.4 is 0 Å². The second kappa shape index (κ2) is 9.45. The molecule has 2 aromatic rings. The largest absolute Gasteiger partial charge is 0.315 e. The Hall–Kier alpha value is -1.25. The summed E-state index contributed by atoms with van der Waals surface area (Å²) < 4.78 is 5.41. The summed E-state index contributed by atoms with van der Waals surface area (Å²) in [4.78, 5) is 0. The van der Waals surface area contributed by atoms with Crippen molar-refractivity contribution in [3.05, 3.63) is 59.2 Å². The van der Waals surface area contributed by atoms with Crippen LogP contribution >= 0.6 is 12.0 Å². The van der Waals surface area contributed by atoms with Crippen LogP contribution in [0.5, 0.6) is 0 Å². The number of hydrogen-bond donors (Lipinski definition) is 0. The molecule has 2 aromatic carbocycles. The molecule has 25 heavy (non-hydrogen) atoms. The van der Waals surface area contributed by atoms with Crippen LogP contribution in [0.25, 0.3) is 11.1 Å². The number of aryl methyl sites for hydroxylation is 1. The standard InChI is InChI=1S/C23H30OS/c1-3-19-17-18(15-16-24-25-2)9-14-23(19)22-12-10-21(11-13-22)20-7-5-4-6-8-20/h9-14,17,20H,3-8,15-16H2,1-2H3. The minimum absolute atomic E-state index is 0.778. The molecular weight excluding hydrogens is 324 g/mol. The van der Waals surface area contributed by atoms with Gasteiger partial charge in [0.25, 0.3) is 0 Å². The number of hydrogen-bond acceptors (Lipinski definition) is 2. The second-order valence-corrected chi connectivity index (χ2v) is 7.61. The van der Waals surface area contributed by atoms with Crippen molar-refractivity contribution in [2.24, 2.45) is 0 Å². The molecule has 2 heteroatoms. The van der Waals surface area contributed by atoms with Crippen LogP contribution in [0.3, 0.4) is 0 Å². The predicted molar refractivity (Wildman–Crippen MR) is 110 cm³/mol. The highest BCUT2D eigenvalue weighted by molar-refractivity contribution is 7.93. The highest BCUT2D eigenvalue weighted by Gasteiger charge is 2.15. The van der Waals surface area contributed by atoms with Gasteiger partial charge in [-0.1, -0.05) is 68.7 Å². The smallest absolute Gasteiger partial charge is 0.0654 e. The van der Waals surface area contributed by atoms with Crippen molar-refractivity contribution in [3.8, 4) is 11.1 Å². The van der Waals surface area contributed by atoms with Gasteiger partial charge in [-0.3, -0.25) is 0 Å². The number of rotatable bonds is 7. The number of benzene rings is 2. The Morgan fingerprint density at radius 1 is 1.00 bits per heavy atom. The van der Waals surface area contributed by atoms with Crippen molar-refractivity contribution in [1.29, 1.82) is 0 Å². The van der Waals surface area contributed by atoms with E-state index < -0.39 is 0 Å². The first kappa shape index (κ1) is 18.5. The predicted octanol–water partition coefficient (Wildman–Crippen LogP) is 6.80. The van der Waals surface area contributed by atoms with Gasteiger partial charge >= 0.3 is 0 Å². The van der Waals surface area contributed by atoms with E-state index in [2.05, 4.69) is 49.4 Å². The summed E-state index contributed by atoms with van der Waals surface area (Å²) in [5, 5.41) is 0. The fourth-order valence-electron chi connectivity index (χ4n) is 3.99. The van der Waals surface area contributed by atoms with Crippen molar-refractivity contribution in [2.45, 2.75) is 57.8 Å². The molecule has 0 aliphatic heterocycles. The molecular formula is C23H30OS. The van der Waals surface area contributed by atoms with E-state index in [0.717, 1.165) is 25.4 Å². The Labute approximate surface area is 157 Å². The third-order valence-corrected chi connectivity index (χ3v) is 5.84. The van der Waals surface area contributed by atoms with E-state index in [9.17, 15) is 0 Å². The molecule has 134 valence electrons. The van der Waals surface area contributed by atoms with Gasteiger partial charge in [0, 0.05) is 6.26 Å². The lowest BCUT2D eigenvalue weighted by Crippen LogP contribution is -2.04. The van der Waals surface area contributed by atoms with Crippen molar-refractivity contribution in [3.63, 3.8) is 0 Å². The topological polar surface area (TPSA) is 9.23 Å². The summed E-state index contributed by atoms with van der Waals surface area (Å²) in [5.41, 5.74) is 7.07. The van der Waals surface area contributed by atoms with Crippen LogP contribution in [0.4, 0.5) is 0 Å². The summed E-state index contributed by atoms with van der Waals surface area (Å²) in [5.74, 6) is 0.784. The van der Waals surface area contributed by atoms with E-state index in [1.165, 1.54) is 72.0 Å². The van der Waals surface area contributed by atoms with Crippen LogP contribution in [0, 0.1) is 0 Å². The van der Waals surface area contributed by atoms with Crippen molar-refractivity contribution in [2.75, 3.05) is 12.9 Å². The molecule has 0 N–H and O–H groups in total. The zero-order valence-corrected chi connectivity index (χ0v) is 16.4. The Bertz CT molecular complexity index is 656. The zero-order chi connectivity index (χ0) is 17.5. The molecule has 0 amide bonds. The fraction of sp³-hybridized carbons (Fsp3) is 0.478. The monoisotopic (exact) mass is 354 g/mol. The van der Waals surface area contributed by atoms with Gasteiger partial charge in [-0.25, -0.2) is 0 Å². The first-order chi connectivity index (χ1) is 12.3. The molecule has 1 saturated carbocycles. The lowest BCUT2D eigenvalue weighted by atomic mass is 9.83. The van der Waals surface area contributed by atoms with Crippen molar-refractivity contribution in [1.82, 2.24) is 0 Å². The van der Waals surface area contributed by atoms with Crippen molar-refractivity contribution < 1.29 is 4.18 Å². The molecule has 3 rings (SSSR count). The fourth-order valence-corrected chi connectivity index (χ4v) is 4.24. The van der Waals surface area contributed by atoms with Gasteiger partial charge in [-0.15, -0.1) is 0 Å². The zero-order valence-electron chi connectivity index (χ0n) is 15.6. The lowest BCUT2D eigenvalue weighted by molar-refractivity contribution is 0.381. The average Bonchev–Trinajstić information content (AvgIpc) is 2.69. The summed E-state index contributed by atoms with van der Waals surface area (Å²) in [6, 6.07) is 16.3. The molecule has 0 bridgehead atoms. The van der Waals surface area contributed by atoms with Crippen LogP contribution in [0.1, 0.15) is 61.6 Å². The van der Waals surface area contributed by atoms with Crippen molar-refractivity contribution >= 4 is 12.0 Å². The quantitative estimate of drug-likeness (QED) is 0.399. The Balaban J connectivity index is 1.75. The molecule has 0 atom stereocenters. The molecule has 0 saturated heterocycles. The Morgan fingerprint density at radius 2 is 1.76 bits per heavy atom. The molecule has 1 aliphatic carbocycles. The normalized spacial score (nSPS) is 15.4. The van der Waals surface area contributed by atoms with Crippen LogP contribution in [0.15, 0.2) is 42.5 Å². The van der Waals surface area contributed by atoms with E-state index in [0.29, 0.717) is 0 Å². The second-order valence-electron chi connectivity index (χ2n) is 7.04. The van der Waals surface area contributed by atoms with Gasteiger partial charge in [0.15, 0.2) is 0 Å². The molecule has 1 fully saturated rings. The maximum absolute atomic E-state index is 5.41. The van der Waals surface area contributed by atoms with Gasteiger partial charge in [0.1, 0.15) is 0 Å². The molecule has 0 heterocycles. The Morgan fingerprint density at radius 3 is 2.44 bits per heavy atom. The van der Waals surface area contributed by atoms with E-state index in [4.69, 9.17) is 4.18 Å². The van der Waals surface area contributed by atoms with Gasteiger partial charge in [-0.2, -0.15) is 0 Å². The maximum atomic E-state index is 5.41. The first-order valence-corrected chi connectivity index (χ1v) is 10.8. The molecule has 0 spiro atoms. The summed E-state index contributed by atoms with van der Waals surface area (Å²) >= 11 is 1.44. The molecule has 0 aromatic heterocycles. The van der Waals surface area contributed by atoms with E-state index in [1.807, 2.05) is 6.26 Å². The SMILES string of the molecule is CCc1cc(CCOSC)ccc1-c1ccc(C2CCCCC2)cc1. The molecule has 1 nitrogen and oxygen atoms in total. The minimum atomic E-state index is 0.778.